The number of nitrogens with one attached hydrogen (secondary N) is 2. The number of H-pyrrole nitrogens is 1. The Morgan fingerprint density at radius 2 is 1.93 bits per heavy atom. The van der Waals surface area contributed by atoms with Crippen LogP contribution in [0.15, 0.2) is 47.6 Å². The molecule has 27 heavy (non-hydrogen) atoms. The molecule has 8 nitrogen and oxygen atoms in total. The van der Waals surface area contributed by atoms with Crippen molar-refractivity contribution >= 4 is 34.5 Å². The molecule has 1 heterocycles. The topological polar surface area (TPSA) is 114 Å². The minimum absolute atomic E-state index is 0.164. The molecule has 0 saturated heterocycles. The van der Waals surface area contributed by atoms with Crippen LogP contribution in [0.3, 0.4) is 0 Å². The Morgan fingerprint density at radius 1 is 1.15 bits per heavy atom. The molecule has 0 unspecified atom stereocenters. The number of anilines is 1. The number of nitroso groups, excluding NO2 is 1. The average molecular weight is 366 g/mol. The van der Waals surface area contributed by atoms with Crippen molar-refractivity contribution in [3.8, 4) is 5.75 Å². The Bertz CT molecular complexity index is 1030. The van der Waals surface area contributed by atoms with E-state index in [-0.39, 0.29) is 23.2 Å². The van der Waals surface area contributed by atoms with Gasteiger partial charge in [0.05, 0.1) is 16.4 Å². The van der Waals surface area contributed by atoms with Gasteiger partial charge in [0.1, 0.15) is 11.4 Å². The third kappa shape index (κ3) is 4.17. The van der Waals surface area contributed by atoms with Crippen molar-refractivity contribution in [2.75, 3.05) is 5.32 Å². The SMILES string of the molecule is CC(C)(C)C(=O)Oc1ccc2[nH]c(NC(=O)c3cccc(N=O)c3)nc2c1. The van der Waals surface area contributed by atoms with Gasteiger partial charge in [-0.3, -0.25) is 14.9 Å². The predicted molar refractivity (Wildman–Crippen MR) is 101 cm³/mol. The van der Waals surface area contributed by atoms with Crippen LogP contribution in [0.2, 0.25) is 0 Å². The molecule has 0 saturated carbocycles. The summed E-state index contributed by atoms with van der Waals surface area (Å²) in [5.74, 6) is -0.177. The largest absolute Gasteiger partial charge is 0.426 e. The van der Waals surface area contributed by atoms with E-state index in [0.29, 0.717) is 16.8 Å². The second kappa shape index (κ2) is 6.99. The summed E-state index contributed by atoms with van der Waals surface area (Å²) in [6.07, 6.45) is 0. The van der Waals surface area contributed by atoms with E-state index in [1.807, 2.05) is 0 Å². The molecule has 0 radical (unpaired) electrons. The number of rotatable bonds is 4. The fourth-order valence-electron chi connectivity index (χ4n) is 2.25. The van der Waals surface area contributed by atoms with Crippen LogP contribution in [0.4, 0.5) is 11.6 Å². The van der Waals surface area contributed by atoms with E-state index in [4.69, 9.17) is 4.74 Å². The number of carbonyl (C=O) groups is 2. The maximum atomic E-state index is 12.3. The Morgan fingerprint density at radius 3 is 2.63 bits per heavy atom. The lowest BCUT2D eigenvalue weighted by molar-refractivity contribution is -0.142. The van der Waals surface area contributed by atoms with Gasteiger partial charge in [0.25, 0.3) is 5.91 Å². The normalized spacial score (nSPS) is 11.2. The number of hydrogen-bond donors (Lipinski definition) is 2. The van der Waals surface area contributed by atoms with Gasteiger partial charge >= 0.3 is 5.97 Å². The van der Waals surface area contributed by atoms with Crippen LogP contribution in [-0.4, -0.2) is 21.8 Å². The first-order valence-electron chi connectivity index (χ1n) is 8.23. The first-order valence-corrected chi connectivity index (χ1v) is 8.23. The predicted octanol–water partition coefficient (Wildman–Crippen LogP) is 4.16. The van der Waals surface area contributed by atoms with E-state index in [2.05, 4.69) is 20.5 Å². The molecule has 0 fully saturated rings. The summed E-state index contributed by atoms with van der Waals surface area (Å²) in [5, 5.41) is 5.44. The van der Waals surface area contributed by atoms with Gasteiger partial charge in [-0.25, -0.2) is 4.98 Å². The standard InChI is InChI=1S/C19H18N4O4/c1-19(2,3)17(25)27-13-7-8-14-15(10-13)21-18(20-14)22-16(24)11-5-4-6-12(9-11)23-26/h4-10H,1-3H3,(H2,20,21,22,24). The van der Waals surface area contributed by atoms with Crippen molar-refractivity contribution in [2.45, 2.75) is 20.8 Å². The molecule has 3 aromatic rings. The molecule has 2 N–H and O–H groups in total. The highest BCUT2D eigenvalue weighted by atomic mass is 16.5. The number of nitrogens with zero attached hydrogens (tertiary/aromatic N) is 2. The van der Waals surface area contributed by atoms with Gasteiger partial charge in [-0.1, -0.05) is 6.07 Å². The molecular weight excluding hydrogens is 348 g/mol. The molecule has 0 atom stereocenters. The van der Waals surface area contributed by atoms with E-state index in [9.17, 15) is 14.5 Å². The van der Waals surface area contributed by atoms with Crippen LogP contribution in [0, 0.1) is 10.3 Å². The lowest BCUT2D eigenvalue weighted by Crippen LogP contribution is -2.25. The summed E-state index contributed by atoms with van der Waals surface area (Å²) in [6, 6.07) is 11.0. The molecule has 2 aromatic carbocycles. The number of benzene rings is 2. The van der Waals surface area contributed by atoms with Crippen molar-refractivity contribution in [1.82, 2.24) is 9.97 Å². The summed E-state index contributed by atoms with van der Waals surface area (Å²) in [7, 11) is 0. The van der Waals surface area contributed by atoms with Crippen molar-refractivity contribution in [2.24, 2.45) is 10.6 Å². The summed E-state index contributed by atoms with van der Waals surface area (Å²) in [5.41, 5.74) is 1.03. The van der Waals surface area contributed by atoms with Crippen LogP contribution in [-0.2, 0) is 4.79 Å². The van der Waals surface area contributed by atoms with Crippen LogP contribution in [0.25, 0.3) is 11.0 Å². The fraction of sp³-hybridized carbons (Fsp3) is 0.211. The molecule has 0 aliphatic carbocycles. The fourth-order valence-corrected chi connectivity index (χ4v) is 2.25. The molecule has 138 valence electrons. The molecule has 0 bridgehead atoms. The molecule has 0 spiro atoms. The zero-order chi connectivity index (χ0) is 19.6. The highest BCUT2D eigenvalue weighted by Crippen LogP contribution is 2.24. The average Bonchev–Trinajstić information content (AvgIpc) is 3.02. The maximum Gasteiger partial charge on any atom is 0.316 e. The summed E-state index contributed by atoms with van der Waals surface area (Å²) >= 11 is 0. The van der Waals surface area contributed by atoms with E-state index >= 15 is 0 Å². The Balaban J connectivity index is 1.79. The molecule has 1 amide bonds. The third-order valence-electron chi connectivity index (χ3n) is 3.72. The lowest BCUT2D eigenvalue weighted by atomic mass is 9.97. The van der Waals surface area contributed by atoms with Crippen molar-refractivity contribution in [3.05, 3.63) is 52.9 Å². The van der Waals surface area contributed by atoms with Crippen LogP contribution < -0.4 is 10.1 Å². The first-order chi connectivity index (χ1) is 12.8. The molecule has 8 heteroatoms. The molecule has 0 aliphatic rings. The number of amides is 1. The van der Waals surface area contributed by atoms with Gasteiger partial charge in [0.2, 0.25) is 5.95 Å². The number of hydrogen-bond acceptors (Lipinski definition) is 6. The van der Waals surface area contributed by atoms with Crippen LogP contribution in [0.5, 0.6) is 5.75 Å². The van der Waals surface area contributed by atoms with Crippen molar-refractivity contribution in [3.63, 3.8) is 0 Å². The van der Waals surface area contributed by atoms with Gasteiger partial charge < -0.3 is 9.72 Å². The Labute approximate surface area is 154 Å². The smallest absolute Gasteiger partial charge is 0.316 e. The van der Waals surface area contributed by atoms with Gasteiger partial charge in [-0.15, -0.1) is 4.91 Å². The monoisotopic (exact) mass is 366 g/mol. The maximum absolute atomic E-state index is 12.3. The Hall–Kier alpha value is -3.55. The minimum Gasteiger partial charge on any atom is -0.426 e. The molecular formula is C19H18N4O4. The number of fused-ring (bicyclic) bond motifs is 1. The van der Waals surface area contributed by atoms with E-state index in [1.165, 1.54) is 12.1 Å². The summed E-state index contributed by atoms with van der Waals surface area (Å²) in [4.78, 5) is 42.1. The van der Waals surface area contributed by atoms with E-state index in [0.717, 1.165) is 0 Å². The number of aromatic nitrogens is 2. The van der Waals surface area contributed by atoms with Crippen LogP contribution in [0.1, 0.15) is 31.1 Å². The quantitative estimate of drug-likeness (QED) is 0.409. The Kier molecular flexibility index (Phi) is 4.72. The van der Waals surface area contributed by atoms with Gasteiger partial charge in [0.15, 0.2) is 0 Å². The van der Waals surface area contributed by atoms with Gasteiger partial charge in [-0.05, 0) is 56.3 Å². The zero-order valence-electron chi connectivity index (χ0n) is 15.1. The first kappa shape index (κ1) is 18.2. The van der Waals surface area contributed by atoms with E-state index < -0.39 is 11.3 Å². The second-order valence-corrected chi connectivity index (χ2v) is 7.00. The molecule has 3 rings (SSSR count). The number of esters is 1. The number of imidazole rings is 1. The molecule has 0 aliphatic heterocycles. The highest BCUT2D eigenvalue weighted by molar-refractivity contribution is 6.04. The van der Waals surface area contributed by atoms with Crippen molar-refractivity contribution in [1.29, 1.82) is 0 Å². The van der Waals surface area contributed by atoms with Crippen LogP contribution >= 0.6 is 0 Å². The van der Waals surface area contributed by atoms with E-state index in [1.54, 1.807) is 51.1 Å². The summed E-state index contributed by atoms with van der Waals surface area (Å²) in [6.45, 7) is 5.31. The van der Waals surface area contributed by atoms with Gasteiger partial charge in [-0.2, -0.15) is 0 Å². The van der Waals surface area contributed by atoms with Crippen molar-refractivity contribution < 1.29 is 14.3 Å². The number of aromatic amines is 1. The second-order valence-electron chi connectivity index (χ2n) is 7.00. The zero-order valence-corrected chi connectivity index (χ0v) is 15.1. The number of ether oxygens (including phenoxy) is 1. The highest BCUT2D eigenvalue weighted by Gasteiger charge is 2.24. The third-order valence-corrected chi connectivity index (χ3v) is 3.72. The number of carbonyl (C=O) groups excluding carboxylic acids is 2. The minimum atomic E-state index is -0.620. The van der Waals surface area contributed by atoms with Gasteiger partial charge in [0, 0.05) is 11.6 Å². The summed E-state index contributed by atoms with van der Waals surface area (Å²) < 4.78 is 5.35. The lowest BCUT2D eigenvalue weighted by Gasteiger charge is -2.16. The molecule has 1 aromatic heterocycles.